The van der Waals surface area contributed by atoms with Crippen molar-refractivity contribution in [3.8, 4) is 0 Å². The Morgan fingerprint density at radius 2 is 2.31 bits per heavy atom. The van der Waals surface area contributed by atoms with E-state index in [4.69, 9.17) is 15.0 Å². The number of hydrogen-bond acceptors (Lipinski definition) is 5. The maximum absolute atomic E-state index is 5.47. The molecule has 2 N–H and O–H groups in total. The van der Waals surface area contributed by atoms with Crippen LogP contribution in [0.3, 0.4) is 0 Å². The number of aromatic nitrogens is 1. The molecule has 0 atom stereocenters. The Balaban J connectivity index is 2.25. The fourth-order valence-electron chi connectivity index (χ4n) is 1.32. The Kier molecular flexibility index (Phi) is 5.45. The minimum atomic E-state index is 0.280. The maximum Gasteiger partial charge on any atom is 0.151 e. The highest BCUT2D eigenvalue weighted by atomic mass is 16.5. The van der Waals surface area contributed by atoms with E-state index in [9.17, 15) is 0 Å². The first-order valence-electron chi connectivity index (χ1n) is 5.56. The van der Waals surface area contributed by atoms with E-state index >= 15 is 0 Å². The van der Waals surface area contributed by atoms with E-state index in [1.54, 1.807) is 0 Å². The molecule has 0 aliphatic rings. The van der Waals surface area contributed by atoms with E-state index in [0.717, 1.165) is 31.2 Å². The molecule has 0 radical (unpaired) electrons. The molecule has 0 aliphatic heterocycles. The van der Waals surface area contributed by atoms with Crippen LogP contribution in [-0.2, 0) is 17.8 Å². The van der Waals surface area contributed by atoms with Gasteiger partial charge in [-0.05, 0) is 20.9 Å². The van der Waals surface area contributed by atoms with Gasteiger partial charge in [-0.25, -0.2) is 0 Å². The van der Waals surface area contributed by atoms with Gasteiger partial charge in [-0.2, -0.15) is 0 Å². The van der Waals surface area contributed by atoms with Crippen molar-refractivity contribution in [2.75, 3.05) is 20.2 Å². The molecule has 0 aliphatic carbocycles. The van der Waals surface area contributed by atoms with Crippen molar-refractivity contribution in [3.63, 3.8) is 0 Å². The molecule has 5 nitrogen and oxygen atoms in total. The molecule has 16 heavy (non-hydrogen) atoms. The molecule has 1 aromatic rings. The third-order valence-corrected chi connectivity index (χ3v) is 2.17. The normalized spacial score (nSPS) is 11.6. The predicted octanol–water partition coefficient (Wildman–Crippen LogP) is 0.990. The summed E-state index contributed by atoms with van der Waals surface area (Å²) in [6.45, 7) is 6.81. The second-order valence-electron chi connectivity index (χ2n) is 4.15. The van der Waals surface area contributed by atoms with Crippen LogP contribution in [0.25, 0.3) is 0 Å². The Bertz CT molecular complexity index is 299. The zero-order chi connectivity index (χ0) is 12.0. The van der Waals surface area contributed by atoms with Crippen molar-refractivity contribution >= 4 is 0 Å². The van der Waals surface area contributed by atoms with Crippen LogP contribution in [-0.4, -0.2) is 36.4 Å². The van der Waals surface area contributed by atoms with Gasteiger partial charge >= 0.3 is 0 Å². The fourth-order valence-corrected chi connectivity index (χ4v) is 1.32. The average molecular weight is 227 g/mol. The van der Waals surface area contributed by atoms with Crippen molar-refractivity contribution in [2.45, 2.75) is 33.0 Å². The molecule has 0 saturated heterocycles. The summed E-state index contributed by atoms with van der Waals surface area (Å²) in [7, 11) is 2.02. The van der Waals surface area contributed by atoms with Crippen molar-refractivity contribution in [2.24, 2.45) is 5.73 Å². The van der Waals surface area contributed by atoms with Gasteiger partial charge in [0.25, 0.3) is 0 Å². The molecule has 0 spiro atoms. The van der Waals surface area contributed by atoms with Crippen LogP contribution >= 0.6 is 0 Å². The zero-order valence-corrected chi connectivity index (χ0v) is 10.3. The molecular weight excluding hydrogens is 206 g/mol. The predicted molar refractivity (Wildman–Crippen MR) is 61.8 cm³/mol. The van der Waals surface area contributed by atoms with Crippen LogP contribution in [0.15, 0.2) is 10.6 Å². The first kappa shape index (κ1) is 13.2. The zero-order valence-electron chi connectivity index (χ0n) is 10.3. The highest BCUT2D eigenvalue weighted by Crippen LogP contribution is 2.05. The van der Waals surface area contributed by atoms with Crippen molar-refractivity contribution in [3.05, 3.63) is 17.5 Å². The summed E-state index contributed by atoms with van der Waals surface area (Å²) in [5, 5.41) is 3.84. The highest BCUT2D eigenvalue weighted by Gasteiger charge is 2.06. The van der Waals surface area contributed by atoms with Crippen LogP contribution in [0.1, 0.15) is 25.3 Å². The van der Waals surface area contributed by atoms with Gasteiger partial charge in [-0.15, -0.1) is 0 Å². The van der Waals surface area contributed by atoms with Gasteiger partial charge < -0.3 is 15.0 Å². The largest absolute Gasteiger partial charge is 0.377 e. The monoisotopic (exact) mass is 227 g/mol. The number of hydrogen-bond donors (Lipinski definition) is 1. The summed E-state index contributed by atoms with van der Waals surface area (Å²) < 4.78 is 10.6. The Labute approximate surface area is 96.5 Å². The van der Waals surface area contributed by atoms with E-state index in [1.165, 1.54) is 0 Å². The Hall–Kier alpha value is -0.910. The summed E-state index contributed by atoms with van der Waals surface area (Å²) in [5.74, 6) is 0.840. The summed E-state index contributed by atoms with van der Waals surface area (Å²) in [4.78, 5) is 2.13. The quantitative estimate of drug-likeness (QED) is 0.752. The molecule has 1 aromatic heterocycles. The first-order valence-corrected chi connectivity index (χ1v) is 5.56. The average Bonchev–Trinajstić information content (AvgIpc) is 2.65. The molecule has 0 amide bonds. The van der Waals surface area contributed by atoms with Crippen molar-refractivity contribution < 1.29 is 9.26 Å². The Morgan fingerprint density at radius 1 is 1.56 bits per heavy atom. The summed E-state index contributed by atoms with van der Waals surface area (Å²) in [6.07, 6.45) is 0.280. The lowest BCUT2D eigenvalue weighted by atomic mass is 10.3. The van der Waals surface area contributed by atoms with Crippen LogP contribution in [0.2, 0.25) is 0 Å². The van der Waals surface area contributed by atoms with Gasteiger partial charge in [0.1, 0.15) is 0 Å². The lowest BCUT2D eigenvalue weighted by Crippen LogP contribution is -2.23. The number of nitrogens with zero attached hydrogens (tertiary/aromatic N) is 2. The van der Waals surface area contributed by atoms with Gasteiger partial charge in [0.15, 0.2) is 5.76 Å². The van der Waals surface area contributed by atoms with Gasteiger partial charge in [-0.1, -0.05) is 5.16 Å². The SMILES string of the molecule is CC(C)OCCN(C)Cc1cc(CN)no1. The number of likely N-dealkylation sites (N-methyl/N-ethyl adjacent to an activating group) is 1. The first-order chi connectivity index (χ1) is 7.61. The van der Waals surface area contributed by atoms with Crippen molar-refractivity contribution in [1.82, 2.24) is 10.1 Å². The van der Waals surface area contributed by atoms with E-state index in [2.05, 4.69) is 10.1 Å². The topological polar surface area (TPSA) is 64.5 Å². The molecule has 0 bridgehead atoms. The molecule has 0 aromatic carbocycles. The molecular formula is C11H21N3O2. The third kappa shape index (κ3) is 4.74. The van der Waals surface area contributed by atoms with E-state index in [0.29, 0.717) is 6.54 Å². The standard InChI is InChI=1S/C11H21N3O2/c1-9(2)15-5-4-14(3)8-11-6-10(7-12)13-16-11/h6,9H,4-5,7-8,12H2,1-3H3. The molecule has 0 unspecified atom stereocenters. The fraction of sp³-hybridized carbons (Fsp3) is 0.727. The van der Waals surface area contributed by atoms with Crippen LogP contribution in [0, 0.1) is 0 Å². The highest BCUT2D eigenvalue weighted by molar-refractivity contribution is 5.04. The number of ether oxygens (including phenoxy) is 1. The van der Waals surface area contributed by atoms with Crippen LogP contribution in [0.5, 0.6) is 0 Å². The van der Waals surface area contributed by atoms with Crippen LogP contribution < -0.4 is 5.73 Å². The lowest BCUT2D eigenvalue weighted by molar-refractivity contribution is 0.0613. The minimum absolute atomic E-state index is 0.280. The maximum atomic E-state index is 5.47. The second kappa shape index (κ2) is 6.62. The number of rotatable bonds is 7. The minimum Gasteiger partial charge on any atom is -0.377 e. The molecule has 92 valence electrons. The second-order valence-corrected chi connectivity index (χ2v) is 4.15. The summed E-state index contributed by atoms with van der Waals surface area (Å²) >= 11 is 0. The van der Waals surface area contributed by atoms with Crippen molar-refractivity contribution in [1.29, 1.82) is 0 Å². The molecule has 1 heterocycles. The van der Waals surface area contributed by atoms with Gasteiger partial charge in [0.2, 0.25) is 0 Å². The molecule has 5 heteroatoms. The van der Waals surface area contributed by atoms with E-state index in [1.807, 2.05) is 27.0 Å². The molecule has 1 rings (SSSR count). The van der Waals surface area contributed by atoms with E-state index < -0.39 is 0 Å². The smallest absolute Gasteiger partial charge is 0.151 e. The number of nitrogens with two attached hydrogens (primary N) is 1. The summed E-state index contributed by atoms with van der Waals surface area (Å²) in [5.41, 5.74) is 6.24. The van der Waals surface area contributed by atoms with Gasteiger partial charge in [0.05, 0.1) is 24.9 Å². The van der Waals surface area contributed by atoms with Gasteiger partial charge in [-0.3, -0.25) is 4.90 Å². The Morgan fingerprint density at radius 3 is 2.88 bits per heavy atom. The lowest BCUT2D eigenvalue weighted by Gasteiger charge is -2.15. The third-order valence-electron chi connectivity index (χ3n) is 2.17. The van der Waals surface area contributed by atoms with Crippen LogP contribution in [0.4, 0.5) is 0 Å². The van der Waals surface area contributed by atoms with E-state index in [-0.39, 0.29) is 6.10 Å². The summed E-state index contributed by atoms with van der Waals surface area (Å²) in [6, 6.07) is 1.89. The molecule has 0 saturated carbocycles. The van der Waals surface area contributed by atoms with Gasteiger partial charge in [0, 0.05) is 19.2 Å². The molecule has 0 fully saturated rings.